The number of esters is 1. The van der Waals surface area contributed by atoms with Gasteiger partial charge in [0, 0.05) is 11.3 Å². The molecule has 1 atom stereocenters. The van der Waals surface area contributed by atoms with E-state index in [1.165, 1.54) is 11.3 Å². The third-order valence-electron chi connectivity index (χ3n) is 1.84. The van der Waals surface area contributed by atoms with Gasteiger partial charge in [0.25, 0.3) is 0 Å². The zero-order chi connectivity index (χ0) is 11.3. The summed E-state index contributed by atoms with van der Waals surface area (Å²) in [6, 6.07) is 3.46. The van der Waals surface area contributed by atoms with Crippen LogP contribution in [0, 0.1) is 0 Å². The highest BCUT2D eigenvalue weighted by atomic mass is 35.5. The second-order valence-corrected chi connectivity index (χ2v) is 4.60. The van der Waals surface area contributed by atoms with Gasteiger partial charge in [-0.1, -0.05) is 11.6 Å². The first-order chi connectivity index (χ1) is 7.19. The first-order valence-corrected chi connectivity index (χ1v) is 5.74. The lowest BCUT2D eigenvalue weighted by atomic mass is 10.1. The molecule has 0 saturated carbocycles. The monoisotopic (exact) mass is 246 g/mol. The van der Waals surface area contributed by atoms with Crippen molar-refractivity contribution in [2.24, 2.45) is 0 Å². The summed E-state index contributed by atoms with van der Waals surface area (Å²) in [5.74, 6) is -0.886. The Bertz CT molecular complexity index is 348. The molecule has 1 unspecified atom stereocenters. The number of ether oxygens (including phenoxy) is 1. The highest BCUT2D eigenvalue weighted by Gasteiger charge is 2.23. The fourth-order valence-corrected chi connectivity index (χ4v) is 2.35. The van der Waals surface area contributed by atoms with Crippen LogP contribution < -0.4 is 0 Å². The van der Waals surface area contributed by atoms with Crippen LogP contribution in [0.1, 0.15) is 24.1 Å². The molecule has 0 bridgehead atoms. The SMILES string of the molecule is CCOC(=O)C(CC=O)c1ccc(Cl)s1. The standard InChI is InChI=1S/C10H11ClO3S/c1-2-14-10(13)7(5-6-12)8-3-4-9(11)15-8/h3-4,6-7H,2,5H2,1H3. The van der Waals surface area contributed by atoms with Gasteiger partial charge in [0.1, 0.15) is 6.29 Å². The average Bonchev–Trinajstić information content (AvgIpc) is 2.61. The summed E-state index contributed by atoms with van der Waals surface area (Å²) in [5, 5.41) is 0. The summed E-state index contributed by atoms with van der Waals surface area (Å²) < 4.78 is 5.49. The van der Waals surface area contributed by atoms with Crippen LogP contribution in [-0.2, 0) is 14.3 Å². The van der Waals surface area contributed by atoms with Gasteiger partial charge in [0.2, 0.25) is 0 Å². The number of rotatable bonds is 5. The number of hydrogen-bond donors (Lipinski definition) is 0. The molecule has 1 aromatic heterocycles. The second-order valence-electron chi connectivity index (χ2n) is 2.85. The molecule has 0 aromatic carbocycles. The van der Waals surface area contributed by atoms with Crippen LogP contribution in [0.3, 0.4) is 0 Å². The first-order valence-electron chi connectivity index (χ1n) is 4.54. The normalized spacial score (nSPS) is 12.1. The Morgan fingerprint density at radius 3 is 2.87 bits per heavy atom. The number of halogens is 1. The number of carbonyl (C=O) groups excluding carboxylic acids is 2. The van der Waals surface area contributed by atoms with Gasteiger partial charge in [-0.3, -0.25) is 4.79 Å². The minimum atomic E-state index is -0.514. The molecule has 1 aromatic rings. The van der Waals surface area contributed by atoms with E-state index in [0.29, 0.717) is 10.9 Å². The Morgan fingerprint density at radius 2 is 2.40 bits per heavy atom. The molecule has 0 aliphatic carbocycles. The average molecular weight is 247 g/mol. The maximum absolute atomic E-state index is 11.5. The molecule has 0 aliphatic heterocycles. The molecule has 0 N–H and O–H groups in total. The topological polar surface area (TPSA) is 43.4 Å². The van der Waals surface area contributed by atoms with E-state index < -0.39 is 5.92 Å². The van der Waals surface area contributed by atoms with E-state index in [9.17, 15) is 9.59 Å². The largest absolute Gasteiger partial charge is 0.465 e. The molecule has 1 heterocycles. The Morgan fingerprint density at radius 1 is 1.67 bits per heavy atom. The third kappa shape index (κ3) is 3.32. The van der Waals surface area contributed by atoms with Crippen LogP contribution in [0.25, 0.3) is 0 Å². The van der Waals surface area contributed by atoms with Gasteiger partial charge < -0.3 is 9.53 Å². The van der Waals surface area contributed by atoms with Crippen molar-refractivity contribution >= 4 is 35.2 Å². The van der Waals surface area contributed by atoms with Gasteiger partial charge in [-0.25, -0.2) is 0 Å². The summed E-state index contributed by atoms with van der Waals surface area (Å²) in [6.07, 6.45) is 0.852. The van der Waals surface area contributed by atoms with E-state index in [1.54, 1.807) is 19.1 Å². The van der Waals surface area contributed by atoms with Crippen molar-refractivity contribution in [2.45, 2.75) is 19.3 Å². The Hall–Kier alpha value is -0.870. The van der Waals surface area contributed by atoms with Gasteiger partial charge in [-0.15, -0.1) is 11.3 Å². The van der Waals surface area contributed by atoms with Crippen molar-refractivity contribution in [3.05, 3.63) is 21.3 Å². The van der Waals surface area contributed by atoms with Gasteiger partial charge in [0.15, 0.2) is 0 Å². The Labute approximate surface area is 97.0 Å². The fraction of sp³-hybridized carbons (Fsp3) is 0.400. The fourth-order valence-electron chi connectivity index (χ4n) is 1.18. The molecule has 0 aliphatic rings. The third-order valence-corrected chi connectivity index (χ3v) is 3.19. The van der Waals surface area contributed by atoms with Crippen molar-refractivity contribution in [3.8, 4) is 0 Å². The smallest absolute Gasteiger partial charge is 0.314 e. The van der Waals surface area contributed by atoms with Crippen molar-refractivity contribution in [2.75, 3.05) is 6.61 Å². The molecule has 0 radical (unpaired) electrons. The van der Waals surface area contributed by atoms with Crippen molar-refractivity contribution in [1.29, 1.82) is 0 Å². The molecule has 15 heavy (non-hydrogen) atoms. The molecule has 5 heteroatoms. The van der Waals surface area contributed by atoms with Gasteiger partial charge in [0.05, 0.1) is 16.9 Å². The van der Waals surface area contributed by atoms with Crippen LogP contribution >= 0.6 is 22.9 Å². The van der Waals surface area contributed by atoms with Crippen molar-refractivity contribution in [3.63, 3.8) is 0 Å². The van der Waals surface area contributed by atoms with Crippen LogP contribution in [0.5, 0.6) is 0 Å². The first kappa shape index (κ1) is 12.2. The highest BCUT2D eigenvalue weighted by molar-refractivity contribution is 7.16. The predicted molar refractivity (Wildman–Crippen MR) is 59.4 cm³/mol. The molecule has 0 amide bonds. The lowest BCUT2D eigenvalue weighted by molar-refractivity contribution is -0.145. The molecule has 0 spiro atoms. The summed E-state index contributed by atoms with van der Waals surface area (Å²) in [5.41, 5.74) is 0. The van der Waals surface area contributed by atoms with Crippen molar-refractivity contribution in [1.82, 2.24) is 0 Å². The van der Waals surface area contributed by atoms with E-state index >= 15 is 0 Å². The molecular formula is C10H11ClO3S. The maximum Gasteiger partial charge on any atom is 0.314 e. The van der Waals surface area contributed by atoms with Crippen LogP contribution in [-0.4, -0.2) is 18.9 Å². The van der Waals surface area contributed by atoms with Crippen molar-refractivity contribution < 1.29 is 14.3 Å². The number of hydrogen-bond acceptors (Lipinski definition) is 4. The molecule has 0 saturated heterocycles. The minimum Gasteiger partial charge on any atom is -0.465 e. The van der Waals surface area contributed by atoms with Crippen LogP contribution in [0.2, 0.25) is 4.34 Å². The summed E-state index contributed by atoms with van der Waals surface area (Å²) in [7, 11) is 0. The van der Waals surface area contributed by atoms with Gasteiger partial charge in [-0.2, -0.15) is 0 Å². The van der Waals surface area contributed by atoms with E-state index in [4.69, 9.17) is 16.3 Å². The molecule has 82 valence electrons. The molecule has 0 fully saturated rings. The zero-order valence-electron chi connectivity index (χ0n) is 8.23. The maximum atomic E-state index is 11.5. The lowest BCUT2D eigenvalue weighted by Crippen LogP contribution is -2.15. The summed E-state index contributed by atoms with van der Waals surface area (Å²) >= 11 is 7.06. The van der Waals surface area contributed by atoms with Crippen LogP contribution in [0.4, 0.5) is 0 Å². The lowest BCUT2D eigenvalue weighted by Gasteiger charge is -2.10. The molecular weight excluding hydrogens is 236 g/mol. The van der Waals surface area contributed by atoms with E-state index in [0.717, 1.165) is 11.2 Å². The zero-order valence-corrected chi connectivity index (χ0v) is 9.81. The minimum absolute atomic E-state index is 0.135. The van der Waals surface area contributed by atoms with Gasteiger partial charge >= 0.3 is 5.97 Å². The number of thiophene rings is 1. The second kappa shape index (κ2) is 5.88. The Kier molecular flexibility index (Phi) is 4.78. The Balaban J connectivity index is 2.82. The van der Waals surface area contributed by atoms with E-state index in [2.05, 4.69) is 0 Å². The van der Waals surface area contributed by atoms with E-state index in [1.807, 2.05) is 0 Å². The number of carbonyl (C=O) groups is 2. The number of aldehydes is 1. The van der Waals surface area contributed by atoms with Gasteiger partial charge in [-0.05, 0) is 19.1 Å². The molecule has 1 rings (SSSR count). The summed E-state index contributed by atoms with van der Waals surface area (Å²) in [6.45, 7) is 2.05. The summed E-state index contributed by atoms with van der Waals surface area (Å²) in [4.78, 5) is 22.8. The van der Waals surface area contributed by atoms with Crippen LogP contribution in [0.15, 0.2) is 12.1 Å². The molecule has 3 nitrogen and oxygen atoms in total. The van der Waals surface area contributed by atoms with E-state index in [-0.39, 0.29) is 12.4 Å². The highest BCUT2D eigenvalue weighted by Crippen LogP contribution is 2.30. The quantitative estimate of drug-likeness (QED) is 0.593. The predicted octanol–water partition coefficient (Wildman–Crippen LogP) is 2.64.